The Bertz CT molecular complexity index is 404. The lowest BCUT2D eigenvalue weighted by Crippen LogP contribution is -2.28. The van der Waals surface area contributed by atoms with E-state index >= 15 is 0 Å². The molecule has 0 heterocycles. The second kappa shape index (κ2) is 9.06. The molecule has 0 aliphatic rings. The van der Waals surface area contributed by atoms with Crippen LogP contribution in [0.4, 0.5) is 0 Å². The highest BCUT2D eigenvalue weighted by Crippen LogP contribution is 2.25. The lowest BCUT2D eigenvalue weighted by molar-refractivity contribution is 0.221. The van der Waals surface area contributed by atoms with Gasteiger partial charge in [0.15, 0.2) is 0 Å². The van der Waals surface area contributed by atoms with Crippen molar-refractivity contribution in [3.8, 4) is 5.75 Å². The maximum Gasteiger partial charge on any atom is 0.125 e. The first-order chi connectivity index (χ1) is 10.0. The minimum absolute atomic E-state index is 0.248. The van der Waals surface area contributed by atoms with Crippen molar-refractivity contribution < 1.29 is 4.74 Å². The molecular weight excluding hydrogens is 260 g/mol. The standard InChI is InChI=1S/C18H32N2O/c1-6-17(19)13-16-11-14(4)18(15(5)12-16)21-10-9-20(7-2)8-3/h11-12,17H,6-10,13,19H2,1-5H3. The quantitative estimate of drug-likeness (QED) is 0.759. The lowest BCUT2D eigenvalue weighted by Gasteiger charge is -2.20. The smallest absolute Gasteiger partial charge is 0.125 e. The van der Waals surface area contributed by atoms with Crippen LogP contribution in [0.1, 0.15) is 43.9 Å². The molecule has 0 spiro atoms. The van der Waals surface area contributed by atoms with Crippen LogP contribution in [-0.4, -0.2) is 37.2 Å². The van der Waals surface area contributed by atoms with Crippen molar-refractivity contribution in [1.82, 2.24) is 4.90 Å². The van der Waals surface area contributed by atoms with Crippen LogP contribution in [-0.2, 0) is 6.42 Å². The molecule has 1 unspecified atom stereocenters. The van der Waals surface area contributed by atoms with Gasteiger partial charge in [0.1, 0.15) is 12.4 Å². The first kappa shape index (κ1) is 18.0. The Morgan fingerprint density at radius 2 is 1.67 bits per heavy atom. The number of ether oxygens (including phenoxy) is 1. The van der Waals surface area contributed by atoms with Crippen molar-refractivity contribution in [2.45, 2.75) is 53.5 Å². The largest absolute Gasteiger partial charge is 0.492 e. The summed E-state index contributed by atoms with van der Waals surface area (Å²) in [5, 5.41) is 0. The molecule has 1 rings (SSSR count). The second-order valence-corrected chi connectivity index (χ2v) is 5.81. The van der Waals surface area contributed by atoms with E-state index in [-0.39, 0.29) is 6.04 Å². The third-order valence-electron chi connectivity index (χ3n) is 4.09. The summed E-state index contributed by atoms with van der Waals surface area (Å²) in [4.78, 5) is 2.37. The highest BCUT2D eigenvalue weighted by Gasteiger charge is 2.09. The molecule has 0 amide bonds. The Kier molecular flexibility index (Phi) is 7.76. The van der Waals surface area contributed by atoms with Gasteiger partial charge in [0.2, 0.25) is 0 Å². The van der Waals surface area contributed by atoms with Gasteiger partial charge in [-0.15, -0.1) is 0 Å². The molecule has 1 atom stereocenters. The summed E-state index contributed by atoms with van der Waals surface area (Å²) in [6.07, 6.45) is 1.96. The maximum absolute atomic E-state index is 6.05. The number of rotatable bonds is 9. The zero-order valence-electron chi connectivity index (χ0n) is 14.4. The van der Waals surface area contributed by atoms with E-state index in [1.54, 1.807) is 0 Å². The summed E-state index contributed by atoms with van der Waals surface area (Å²) in [5.41, 5.74) is 9.80. The van der Waals surface area contributed by atoms with Crippen LogP contribution in [0.2, 0.25) is 0 Å². The van der Waals surface area contributed by atoms with E-state index in [0.717, 1.165) is 44.8 Å². The summed E-state index contributed by atoms with van der Waals surface area (Å²) in [6, 6.07) is 4.68. The zero-order valence-corrected chi connectivity index (χ0v) is 14.4. The van der Waals surface area contributed by atoms with Gasteiger partial charge in [0.25, 0.3) is 0 Å². The molecule has 2 N–H and O–H groups in total. The van der Waals surface area contributed by atoms with Gasteiger partial charge in [-0.1, -0.05) is 32.9 Å². The first-order valence-electron chi connectivity index (χ1n) is 8.22. The van der Waals surface area contributed by atoms with Gasteiger partial charge in [-0.3, -0.25) is 0 Å². The van der Waals surface area contributed by atoms with Gasteiger partial charge in [-0.25, -0.2) is 0 Å². The van der Waals surface area contributed by atoms with Crippen LogP contribution in [0.5, 0.6) is 5.75 Å². The van der Waals surface area contributed by atoms with Gasteiger partial charge in [-0.2, -0.15) is 0 Å². The van der Waals surface area contributed by atoms with Crippen LogP contribution in [0.3, 0.4) is 0 Å². The topological polar surface area (TPSA) is 38.5 Å². The molecule has 0 aromatic heterocycles. The fraction of sp³-hybridized carbons (Fsp3) is 0.667. The molecule has 0 bridgehead atoms. The van der Waals surface area contributed by atoms with Gasteiger partial charge >= 0.3 is 0 Å². The fourth-order valence-electron chi connectivity index (χ4n) is 2.65. The summed E-state index contributed by atoms with van der Waals surface area (Å²) >= 11 is 0. The van der Waals surface area contributed by atoms with Gasteiger partial charge in [0.05, 0.1) is 0 Å². The van der Waals surface area contributed by atoms with Crippen molar-refractivity contribution in [3.63, 3.8) is 0 Å². The molecule has 0 aliphatic carbocycles. The monoisotopic (exact) mass is 292 g/mol. The van der Waals surface area contributed by atoms with Crippen LogP contribution >= 0.6 is 0 Å². The predicted octanol–water partition coefficient (Wildman–Crippen LogP) is 3.30. The number of nitrogens with two attached hydrogens (primary N) is 1. The van der Waals surface area contributed by atoms with Gasteiger partial charge < -0.3 is 15.4 Å². The highest BCUT2D eigenvalue weighted by atomic mass is 16.5. The van der Waals surface area contributed by atoms with Gasteiger partial charge in [0, 0.05) is 12.6 Å². The molecule has 120 valence electrons. The van der Waals surface area contributed by atoms with Crippen molar-refractivity contribution in [1.29, 1.82) is 0 Å². The predicted molar refractivity (Wildman–Crippen MR) is 91.2 cm³/mol. The highest BCUT2D eigenvalue weighted by molar-refractivity contribution is 5.43. The van der Waals surface area contributed by atoms with E-state index in [2.05, 4.69) is 51.7 Å². The van der Waals surface area contributed by atoms with Crippen molar-refractivity contribution in [2.75, 3.05) is 26.2 Å². The molecule has 3 nitrogen and oxygen atoms in total. The molecule has 0 radical (unpaired) electrons. The Morgan fingerprint density at radius 1 is 1.10 bits per heavy atom. The minimum Gasteiger partial charge on any atom is -0.492 e. The summed E-state index contributed by atoms with van der Waals surface area (Å²) in [6.45, 7) is 14.6. The SMILES string of the molecule is CCC(N)Cc1cc(C)c(OCCN(CC)CC)c(C)c1. The number of hydrogen-bond donors (Lipinski definition) is 1. The van der Waals surface area contributed by atoms with Crippen LogP contribution in [0, 0.1) is 13.8 Å². The number of aryl methyl sites for hydroxylation is 2. The molecule has 1 aromatic rings. The van der Waals surface area contributed by atoms with Crippen molar-refractivity contribution in [2.24, 2.45) is 5.73 Å². The second-order valence-electron chi connectivity index (χ2n) is 5.81. The van der Waals surface area contributed by atoms with E-state index in [9.17, 15) is 0 Å². The molecule has 0 fully saturated rings. The van der Waals surface area contributed by atoms with E-state index < -0.39 is 0 Å². The molecule has 1 aromatic carbocycles. The van der Waals surface area contributed by atoms with E-state index in [1.807, 2.05) is 0 Å². The lowest BCUT2D eigenvalue weighted by atomic mass is 9.99. The molecule has 21 heavy (non-hydrogen) atoms. The van der Waals surface area contributed by atoms with E-state index in [1.165, 1.54) is 16.7 Å². The molecular formula is C18H32N2O. The normalized spacial score (nSPS) is 12.7. The average molecular weight is 292 g/mol. The summed E-state index contributed by atoms with van der Waals surface area (Å²) < 4.78 is 6.02. The Morgan fingerprint density at radius 3 is 2.14 bits per heavy atom. The molecule has 0 saturated carbocycles. The number of hydrogen-bond acceptors (Lipinski definition) is 3. The van der Waals surface area contributed by atoms with Crippen molar-refractivity contribution in [3.05, 3.63) is 28.8 Å². The minimum atomic E-state index is 0.248. The fourth-order valence-corrected chi connectivity index (χ4v) is 2.65. The molecule has 0 aliphatic heterocycles. The Hall–Kier alpha value is -1.06. The van der Waals surface area contributed by atoms with E-state index in [4.69, 9.17) is 10.5 Å². The number of benzene rings is 1. The zero-order chi connectivity index (χ0) is 15.8. The Labute approximate surface area is 130 Å². The van der Waals surface area contributed by atoms with Crippen LogP contribution in [0.25, 0.3) is 0 Å². The number of likely N-dealkylation sites (N-methyl/N-ethyl adjacent to an activating group) is 1. The first-order valence-corrected chi connectivity index (χ1v) is 8.22. The third-order valence-corrected chi connectivity index (χ3v) is 4.09. The number of nitrogens with zero attached hydrogens (tertiary/aromatic N) is 1. The molecule has 0 saturated heterocycles. The van der Waals surface area contributed by atoms with Gasteiger partial charge in [-0.05, 0) is 56.5 Å². The Balaban J connectivity index is 2.67. The summed E-state index contributed by atoms with van der Waals surface area (Å²) in [5.74, 6) is 1.04. The maximum atomic E-state index is 6.05. The van der Waals surface area contributed by atoms with E-state index in [0.29, 0.717) is 0 Å². The summed E-state index contributed by atoms with van der Waals surface area (Å²) in [7, 11) is 0. The van der Waals surface area contributed by atoms with Crippen LogP contribution in [0.15, 0.2) is 12.1 Å². The molecule has 3 heteroatoms. The average Bonchev–Trinajstić information content (AvgIpc) is 2.45. The van der Waals surface area contributed by atoms with Crippen molar-refractivity contribution >= 4 is 0 Å². The third kappa shape index (κ3) is 5.68. The van der Waals surface area contributed by atoms with Crippen LogP contribution < -0.4 is 10.5 Å².